The number of hydrogen-bond acceptors (Lipinski definition) is 5. The minimum absolute atomic E-state index is 0.0526. The van der Waals surface area contributed by atoms with Crippen molar-refractivity contribution in [3.8, 4) is 5.75 Å². The number of amides is 1. The van der Waals surface area contributed by atoms with Crippen molar-refractivity contribution in [1.29, 1.82) is 0 Å². The van der Waals surface area contributed by atoms with E-state index in [1.54, 1.807) is 0 Å². The molecule has 7 nitrogen and oxygen atoms in total. The molecule has 1 saturated heterocycles. The van der Waals surface area contributed by atoms with Gasteiger partial charge in [-0.25, -0.2) is 8.42 Å². The maximum absolute atomic E-state index is 12.2. The summed E-state index contributed by atoms with van der Waals surface area (Å²) >= 11 is 0. The van der Waals surface area contributed by atoms with Crippen LogP contribution in [0.1, 0.15) is 12.8 Å². The van der Waals surface area contributed by atoms with E-state index < -0.39 is 10.0 Å². The molecular formula is C17H27N3O4S. The molecule has 0 unspecified atom stereocenters. The molecule has 0 aromatic heterocycles. The first kappa shape index (κ1) is 19.7. The summed E-state index contributed by atoms with van der Waals surface area (Å²) in [6, 6.07) is 9.43. The third kappa shape index (κ3) is 7.01. The van der Waals surface area contributed by atoms with Crippen LogP contribution in [0.15, 0.2) is 30.3 Å². The molecule has 2 rings (SSSR count). The monoisotopic (exact) mass is 369 g/mol. The Morgan fingerprint density at radius 1 is 1.16 bits per heavy atom. The van der Waals surface area contributed by atoms with Gasteiger partial charge in [0.05, 0.1) is 12.4 Å². The maximum Gasteiger partial charge on any atom is 0.220 e. The lowest BCUT2D eigenvalue weighted by molar-refractivity contribution is -0.121. The van der Waals surface area contributed by atoms with E-state index in [0.29, 0.717) is 32.5 Å². The predicted octanol–water partition coefficient (Wildman–Crippen LogP) is 0.539. The zero-order chi connectivity index (χ0) is 18.1. The molecule has 1 aliphatic rings. The van der Waals surface area contributed by atoms with Crippen molar-refractivity contribution in [3.05, 3.63) is 30.3 Å². The molecule has 1 aliphatic heterocycles. The van der Waals surface area contributed by atoms with Crippen LogP contribution in [0, 0.1) is 0 Å². The van der Waals surface area contributed by atoms with Gasteiger partial charge in [-0.15, -0.1) is 0 Å². The van der Waals surface area contributed by atoms with Crippen LogP contribution in [0.5, 0.6) is 5.75 Å². The molecule has 0 aliphatic carbocycles. The highest BCUT2D eigenvalue weighted by Gasteiger charge is 2.25. The van der Waals surface area contributed by atoms with Gasteiger partial charge in [-0.2, -0.15) is 4.31 Å². The van der Waals surface area contributed by atoms with Crippen molar-refractivity contribution >= 4 is 15.9 Å². The van der Waals surface area contributed by atoms with Gasteiger partial charge in [0, 0.05) is 39.1 Å². The molecule has 0 atom stereocenters. The molecule has 0 bridgehead atoms. The Kier molecular flexibility index (Phi) is 7.67. The highest BCUT2D eigenvalue weighted by Crippen LogP contribution is 2.09. The summed E-state index contributed by atoms with van der Waals surface area (Å²) in [6.45, 7) is 3.12. The van der Waals surface area contributed by atoms with Crippen molar-refractivity contribution in [2.45, 2.75) is 12.8 Å². The Bertz CT molecular complexity index is 629. The number of benzene rings is 1. The van der Waals surface area contributed by atoms with Crippen LogP contribution in [-0.4, -0.2) is 75.7 Å². The molecule has 0 saturated carbocycles. The van der Waals surface area contributed by atoms with Crippen LogP contribution >= 0.6 is 0 Å². The molecule has 1 amide bonds. The quantitative estimate of drug-likeness (QED) is 0.643. The average Bonchev–Trinajstić information content (AvgIpc) is 2.60. The van der Waals surface area contributed by atoms with Crippen LogP contribution in [0.3, 0.4) is 0 Å². The molecule has 8 heteroatoms. The SMILES string of the molecule is CN1CCN(S(=O)(=O)CCNC(=O)CCCOc2ccccc2)CC1. The topological polar surface area (TPSA) is 79.0 Å². The second-order valence-corrected chi connectivity index (χ2v) is 8.22. The van der Waals surface area contributed by atoms with Gasteiger partial charge in [0.1, 0.15) is 5.75 Å². The molecule has 1 fully saturated rings. The van der Waals surface area contributed by atoms with Crippen molar-refractivity contribution in [2.75, 3.05) is 52.1 Å². The number of nitrogens with zero attached hydrogens (tertiary/aromatic N) is 2. The molecule has 1 heterocycles. The molecule has 1 aromatic rings. The summed E-state index contributed by atoms with van der Waals surface area (Å²) in [6.07, 6.45) is 0.910. The van der Waals surface area contributed by atoms with Gasteiger partial charge in [0.15, 0.2) is 0 Å². The van der Waals surface area contributed by atoms with E-state index in [0.717, 1.165) is 18.8 Å². The lowest BCUT2D eigenvalue weighted by Crippen LogP contribution is -2.48. The highest BCUT2D eigenvalue weighted by molar-refractivity contribution is 7.89. The Labute approximate surface area is 150 Å². The van der Waals surface area contributed by atoms with Crippen molar-refractivity contribution < 1.29 is 17.9 Å². The number of hydrogen-bond donors (Lipinski definition) is 1. The fourth-order valence-electron chi connectivity index (χ4n) is 2.54. The fourth-order valence-corrected chi connectivity index (χ4v) is 3.88. The van der Waals surface area contributed by atoms with Crippen LogP contribution in [0.2, 0.25) is 0 Å². The average molecular weight is 369 g/mol. The third-order valence-electron chi connectivity index (χ3n) is 4.10. The Hall–Kier alpha value is -1.64. The number of para-hydroxylation sites is 1. The summed E-state index contributed by atoms with van der Waals surface area (Å²) < 4.78 is 31.5. The molecule has 0 radical (unpaired) electrons. The molecule has 1 N–H and O–H groups in total. The van der Waals surface area contributed by atoms with Crippen molar-refractivity contribution in [1.82, 2.24) is 14.5 Å². The summed E-state index contributed by atoms with van der Waals surface area (Å²) in [7, 11) is -1.32. The smallest absolute Gasteiger partial charge is 0.220 e. The number of rotatable bonds is 9. The zero-order valence-corrected chi connectivity index (χ0v) is 15.5. The lowest BCUT2D eigenvalue weighted by Gasteiger charge is -2.31. The Morgan fingerprint density at radius 2 is 1.84 bits per heavy atom. The second kappa shape index (κ2) is 9.74. The largest absolute Gasteiger partial charge is 0.494 e. The van der Waals surface area contributed by atoms with Crippen molar-refractivity contribution in [3.63, 3.8) is 0 Å². The highest BCUT2D eigenvalue weighted by atomic mass is 32.2. The molecular weight excluding hydrogens is 342 g/mol. The first-order valence-corrected chi connectivity index (χ1v) is 10.2. The van der Waals surface area contributed by atoms with Crippen LogP contribution in [0.25, 0.3) is 0 Å². The van der Waals surface area contributed by atoms with Gasteiger partial charge in [0.2, 0.25) is 15.9 Å². The number of sulfonamides is 1. The second-order valence-electron chi connectivity index (χ2n) is 6.13. The van der Waals surface area contributed by atoms with Gasteiger partial charge in [-0.1, -0.05) is 18.2 Å². The van der Waals surface area contributed by atoms with E-state index in [2.05, 4.69) is 10.2 Å². The molecule has 25 heavy (non-hydrogen) atoms. The van der Waals surface area contributed by atoms with Gasteiger partial charge in [0.25, 0.3) is 0 Å². The number of ether oxygens (including phenoxy) is 1. The summed E-state index contributed by atoms with van der Waals surface area (Å²) in [5.41, 5.74) is 0. The maximum atomic E-state index is 12.2. The number of likely N-dealkylation sites (N-methyl/N-ethyl adjacent to an activating group) is 1. The predicted molar refractivity (Wildman–Crippen MR) is 97.0 cm³/mol. The van der Waals surface area contributed by atoms with E-state index in [1.807, 2.05) is 37.4 Å². The van der Waals surface area contributed by atoms with E-state index in [4.69, 9.17) is 4.74 Å². The van der Waals surface area contributed by atoms with E-state index in [-0.39, 0.29) is 18.2 Å². The summed E-state index contributed by atoms with van der Waals surface area (Å²) in [4.78, 5) is 13.9. The molecule has 1 aromatic carbocycles. The minimum atomic E-state index is -3.30. The number of carbonyl (C=O) groups excluding carboxylic acids is 1. The molecule has 140 valence electrons. The van der Waals surface area contributed by atoms with E-state index in [9.17, 15) is 13.2 Å². The standard InChI is InChI=1S/C17H27N3O4S/c1-19-10-12-20(13-11-19)25(22,23)15-9-18-17(21)8-5-14-24-16-6-3-2-4-7-16/h2-4,6-7H,5,8-15H2,1H3,(H,18,21). The third-order valence-corrected chi connectivity index (χ3v) is 5.97. The van der Waals surface area contributed by atoms with Crippen LogP contribution in [-0.2, 0) is 14.8 Å². The fraction of sp³-hybridized carbons (Fsp3) is 0.588. The lowest BCUT2D eigenvalue weighted by atomic mass is 10.3. The van der Waals surface area contributed by atoms with Gasteiger partial charge >= 0.3 is 0 Å². The van der Waals surface area contributed by atoms with Crippen molar-refractivity contribution in [2.24, 2.45) is 0 Å². The summed E-state index contributed by atoms with van der Waals surface area (Å²) in [5, 5.41) is 2.67. The van der Waals surface area contributed by atoms with Crippen LogP contribution in [0.4, 0.5) is 0 Å². The van der Waals surface area contributed by atoms with Gasteiger partial charge in [-0.05, 0) is 25.6 Å². The van der Waals surface area contributed by atoms with Crippen LogP contribution < -0.4 is 10.1 Å². The Balaban J connectivity index is 1.58. The first-order valence-electron chi connectivity index (χ1n) is 8.58. The Morgan fingerprint density at radius 3 is 2.52 bits per heavy atom. The van der Waals surface area contributed by atoms with Gasteiger partial charge < -0.3 is 15.0 Å². The normalized spacial score (nSPS) is 16.5. The number of nitrogens with one attached hydrogen (secondary N) is 1. The van der Waals surface area contributed by atoms with E-state index in [1.165, 1.54) is 4.31 Å². The number of piperazine rings is 1. The molecule has 0 spiro atoms. The minimum Gasteiger partial charge on any atom is -0.494 e. The zero-order valence-electron chi connectivity index (χ0n) is 14.7. The van der Waals surface area contributed by atoms with E-state index >= 15 is 0 Å². The number of carbonyl (C=O) groups is 1. The first-order chi connectivity index (χ1) is 12.0. The summed E-state index contributed by atoms with van der Waals surface area (Å²) in [5.74, 6) is 0.578. The van der Waals surface area contributed by atoms with Gasteiger partial charge in [-0.3, -0.25) is 4.79 Å².